The van der Waals surface area contributed by atoms with E-state index < -0.39 is 6.09 Å². The van der Waals surface area contributed by atoms with Gasteiger partial charge < -0.3 is 10.4 Å². The lowest BCUT2D eigenvalue weighted by molar-refractivity contribution is 0.194. The Morgan fingerprint density at radius 1 is 1.29 bits per heavy atom. The summed E-state index contributed by atoms with van der Waals surface area (Å²) < 4.78 is 1.67. The second-order valence-electron chi connectivity index (χ2n) is 4.43. The quantitative estimate of drug-likeness (QED) is 0.779. The van der Waals surface area contributed by atoms with Gasteiger partial charge in [-0.15, -0.1) is 0 Å². The zero-order chi connectivity index (χ0) is 14.8. The van der Waals surface area contributed by atoms with Gasteiger partial charge in [0.2, 0.25) is 0 Å². The number of hydrogen-bond donors (Lipinski definition) is 2. The van der Waals surface area contributed by atoms with Gasteiger partial charge in [-0.25, -0.2) is 14.3 Å². The summed E-state index contributed by atoms with van der Waals surface area (Å²) in [5.74, 6) is 0. The van der Waals surface area contributed by atoms with E-state index in [1.165, 1.54) is 0 Å². The van der Waals surface area contributed by atoms with E-state index in [1.54, 1.807) is 16.9 Å². The van der Waals surface area contributed by atoms with Crippen LogP contribution in [0.25, 0.3) is 16.8 Å². The molecule has 3 aromatic rings. The number of benzene rings is 1. The predicted molar refractivity (Wildman–Crippen MR) is 78.3 cm³/mol. The van der Waals surface area contributed by atoms with E-state index in [0.717, 1.165) is 22.3 Å². The minimum absolute atomic E-state index is 0.265. The Morgan fingerprint density at radius 2 is 2.05 bits per heavy atom. The number of aromatic nitrogens is 3. The zero-order valence-corrected chi connectivity index (χ0v) is 11.6. The smallest absolute Gasteiger partial charge is 0.404 e. The molecule has 1 amide bonds. The van der Waals surface area contributed by atoms with Crippen LogP contribution in [-0.2, 0) is 6.54 Å². The summed E-state index contributed by atoms with van der Waals surface area (Å²) in [5.41, 5.74) is 3.35. The van der Waals surface area contributed by atoms with Crippen LogP contribution in [0.2, 0.25) is 5.15 Å². The molecule has 0 unspecified atom stereocenters. The van der Waals surface area contributed by atoms with Gasteiger partial charge in [0.05, 0.1) is 23.6 Å². The molecule has 0 aliphatic carbocycles. The van der Waals surface area contributed by atoms with Gasteiger partial charge in [-0.2, -0.15) is 5.10 Å². The number of amides is 1. The highest BCUT2D eigenvalue weighted by atomic mass is 35.5. The van der Waals surface area contributed by atoms with E-state index in [-0.39, 0.29) is 6.54 Å². The number of nitrogens with one attached hydrogen (secondary N) is 1. The number of nitrogens with zero attached hydrogens (tertiary/aromatic N) is 3. The van der Waals surface area contributed by atoms with Crippen molar-refractivity contribution in [2.24, 2.45) is 0 Å². The van der Waals surface area contributed by atoms with Crippen LogP contribution in [0, 0.1) is 0 Å². The Balaban J connectivity index is 1.95. The van der Waals surface area contributed by atoms with Crippen molar-refractivity contribution in [1.29, 1.82) is 0 Å². The monoisotopic (exact) mass is 302 g/mol. The van der Waals surface area contributed by atoms with E-state index >= 15 is 0 Å². The molecule has 3 rings (SSSR count). The van der Waals surface area contributed by atoms with Gasteiger partial charge in [-0.1, -0.05) is 35.9 Å². The summed E-state index contributed by atoms with van der Waals surface area (Å²) in [6.45, 7) is 0.265. The minimum Gasteiger partial charge on any atom is -0.465 e. The zero-order valence-electron chi connectivity index (χ0n) is 10.8. The number of fused-ring (bicyclic) bond motifs is 1. The fraction of sp³-hybridized carbons (Fsp3) is 0.0714. The van der Waals surface area contributed by atoms with Crippen molar-refractivity contribution in [2.45, 2.75) is 6.54 Å². The first-order chi connectivity index (χ1) is 10.1. The van der Waals surface area contributed by atoms with E-state index in [4.69, 9.17) is 16.7 Å². The average Bonchev–Trinajstić information content (AvgIpc) is 2.93. The van der Waals surface area contributed by atoms with Crippen molar-refractivity contribution < 1.29 is 9.90 Å². The Labute approximate surface area is 125 Å². The molecule has 0 radical (unpaired) electrons. The third kappa shape index (κ3) is 2.80. The van der Waals surface area contributed by atoms with E-state index in [2.05, 4.69) is 15.4 Å². The maximum Gasteiger partial charge on any atom is 0.404 e. The van der Waals surface area contributed by atoms with Crippen LogP contribution >= 0.6 is 11.6 Å². The third-order valence-electron chi connectivity index (χ3n) is 3.03. The van der Waals surface area contributed by atoms with Crippen molar-refractivity contribution >= 4 is 23.2 Å². The van der Waals surface area contributed by atoms with Crippen LogP contribution < -0.4 is 5.32 Å². The molecule has 0 aliphatic rings. The van der Waals surface area contributed by atoms with Crippen LogP contribution in [0.4, 0.5) is 4.79 Å². The summed E-state index contributed by atoms with van der Waals surface area (Å²) in [5, 5.41) is 15.4. The Hall–Kier alpha value is -2.60. The number of halogens is 1. The molecule has 6 nitrogen and oxygen atoms in total. The van der Waals surface area contributed by atoms with Crippen LogP contribution in [0.3, 0.4) is 0 Å². The highest BCUT2D eigenvalue weighted by Crippen LogP contribution is 2.24. The lowest BCUT2D eigenvalue weighted by Gasteiger charge is -2.06. The molecule has 0 bridgehead atoms. The van der Waals surface area contributed by atoms with Crippen molar-refractivity contribution in [3.05, 3.63) is 53.4 Å². The molecule has 7 heteroatoms. The summed E-state index contributed by atoms with van der Waals surface area (Å²) in [4.78, 5) is 14.8. The molecule has 106 valence electrons. The van der Waals surface area contributed by atoms with Gasteiger partial charge in [0.1, 0.15) is 5.15 Å². The van der Waals surface area contributed by atoms with Crippen LogP contribution in [0.1, 0.15) is 5.56 Å². The topological polar surface area (TPSA) is 79.5 Å². The Kier molecular flexibility index (Phi) is 3.45. The first kappa shape index (κ1) is 13.4. The normalized spacial score (nSPS) is 10.7. The van der Waals surface area contributed by atoms with Gasteiger partial charge in [0.25, 0.3) is 0 Å². The molecule has 1 aromatic carbocycles. The molecule has 2 aromatic heterocycles. The number of carboxylic acid groups (broad SMARTS) is 1. The minimum atomic E-state index is -1.04. The Morgan fingerprint density at radius 3 is 2.76 bits per heavy atom. The molecular formula is C14H11ClN4O2. The van der Waals surface area contributed by atoms with Crippen LogP contribution in [0.15, 0.2) is 42.7 Å². The first-order valence-corrected chi connectivity index (χ1v) is 6.57. The summed E-state index contributed by atoms with van der Waals surface area (Å²) in [6.07, 6.45) is 2.28. The number of hydrogen-bond acceptors (Lipinski definition) is 3. The molecule has 21 heavy (non-hydrogen) atoms. The predicted octanol–water partition coefficient (Wildman–Crippen LogP) is 2.82. The van der Waals surface area contributed by atoms with Crippen molar-refractivity contribution in [3.8, 4) is 11.3 Å². The lowest BCUT2D eigenvalue weighted by atomic mass is 10.1. The Bertz CT molecular complexity index is 798. The van der Waals surface area contributed by atoms with Crippen molar-refractivity contribution in [2.75, 3.05) is 0 Å². The molecule has 0 saturated heterocycles. The standard InChI is InChI=1S/C14H11ClN4O2/c15-12-8-19-11(5-6-17-19)13(18-12)10-3-1-9(2-4-10)7-16-14(20)21/h1-6,8,16H,7H2,(H,20,21). The van der Waals surface area contributed by atoms with Gasteiger partial charge >= 0.3 is 6.09 Å². The third-order valence-corrected chi connectivity index (χ3v) is 3.21. The van der Waals surface area contributed by atoms with Gasteiger partial charge in [-0.05, 0) is 11.6 Å². The van der Waals surface area contributed by atoms with Crippen LogP contribution in [0.5, 0.6) is 0 Å². The van der Waals surface area contributed by atoms with Gasteiger partial charge in [0, 0.05) is 12.1 Å². The molecule has 0 saturated carbocycles. The SMILES string of the molecule is O=C(O)NCc1ccc(-c2nc(Cl)cn3nccc23)cc1. The van der Waals surface area contributed by atoms with E-state index in [1.807, 2.05) is 30.3 Å². The second-order valence-corrected chi connectivity index (χ2v) is 4.82. The largest absolute Gasteiger partial charge is 0.465 e. The molecule has 0 spiro atoms. The second kappa shape index (κ2) is 5.41. The molecule has 0 fully saturated rings. The molecule has 0 atom stereocenters. The molecule has 0 aliphatic heterocycles. The maximum absolute atomic E-state index is 10.5. The van der Waals surface area contributed by atoms with Crippen molar-refractivity contribution in [3.63, 3.8) is 0 Å². The van der Waals surface area contributed by atoms with Crippen molar-refractivity contribution in [1.82, 2.24) is 19.9 Å². The molecular weight excluding hydrogens is 292 g/mol. The van der Waals surface area contributed by atoms with E-state index in [0.29, 0.717) is 5.15 Å². The van der Waals surface area contributed by atoms with Gasteiger partial charge in [0.15, 0.2) is 0 Å². The molecule has 2 N–H and O–H groups in total. The average molecular weight is 303 g/mol. The fourth-order valence-electron chi connectivity index (χ4n) is 2.07. The molecule has 2 heterocycles. The number of carbonyl (C=O) groups is 1. The summed E-state index contributed by atoms with van der Waals surface area (Å²) in [6, 6.07) is 9.31. The highest BCUT2D eigenvalue weighted by Gasteiger charge is 2.08. The summed E-state index contributed by atoms with van der Waals surface area (Å²) in [7, 11) is 0. The number of rotatable bonds is 3. The van der Waals surface area contributed by atoms with E-state index in [9.17, 15) is 4.79 Å². The fourth-order valence-corrected chi connectivity index (χ4v) is 2.25. The lowest BCUT2D eigenvalue weighted by Crippen LogP contribution is -2.19. The first-order valence-electron chi connectivity index (χ1n) is 6.19. The summed E-state index contributed by atoms with van der Waals surface area (Å²) >= 11 is 6.00. The van der Waals surface area contributed by atoms with Gasteiger partial charge in [-0.3, -0.25) is 0 Å². The van der Waals surface area contributed by atoms with Crippen LogP contribution in [-0.4, -0.2) is 25.8 Å². The maximum atomic E-state index is 10.5. The highest BCUT2D eigenvalue weighted by molar-refractivity contribution is 6.29.